The van der Waals surface area contributed by atoms with Gasteiger partial charge in [0, 0.05) is 19.4 Å². The van der Waals surface area contributed by atoms with Crippen molar-refractivity contribution in [2.45, 2.75) is 19.4 Å². The van der Waals surface area contributed by atoms with E-state index in [4.69, 9.17) is 11.6 Å². The van der Waals surface area contributed by atoms with Crippen LogP contribution in [0.15, 0.2) is 30.7 Å². The first-order valence-corrected chi connectivity index (χ1v) is 13.0. The van der Waals surface area contributed by atoms with Crippen LogP contribution in [-0.2, 0) is 29.4 Å². The minimum atomic E-state index is -3.52. The van der Waals surface area contributed by atoms with Gasteiger partial charge in [0.25, 0.3) is 0 Å². The fourth-order valence-electron chi connectivity index (χ4n) is 3.67. The average Bonchev–Trinajstić information content (AvgIpc) is 3.07. The molecule has 182 valence electrons. The molecule has 3 N–H and O–H groups in total. The summed E-state index contributed by atoms with van der Waals surface area (Å²) in [6.45, 7) is 1.88. The highest BCUT2D eigenvalue weighted by Gasteiger charge is 2.19. The molecule has 1 aliphatic heterocycles. The van der Waals surface area contributed by atoms with Gasteiger partial charge in [-0.05, 0) is 49.2 Å². The van der Waals surface area contributed by atoms with Gasteiger partial charge in [0.2, 0.25) is 16.0 Å². The summed E-state index contributed by atoms with van der Waals surface area (Å²) in [5.41, 5.74) is 3.86. The highest BCUT2D eigenvalue weighted by molar-refractivity contribution is 7.92. The van der Waals surface area contributed by atoms with Crippen molar-refractivity contribution < 1.29 is 8.42 Å². The number of nitriles is 1. The molecule has 0 aliphatic carbocycles. The first kappa shape index (κ1) is 24.6. The number of sulfonamides is 1. The van der Waals surface area contributed by atoms with Crippen molar-refractivity contribution in [3.05, 3.63) is 58.1 Å². The normalized spacial score (nSPS) is 13.3. The lowest BCUT2D eigenvalue weighted by Crippen LogP contribution is -2.27. The van der Waals surface area contributed by atoms with Crippen molar-refractivity contribution in [1.29, 1.82) is 5.26 Å². The van der Waals surface area contributed by atoms with E-state index in [0.717, 1.165) is 42.1 Å². The van der Waals surface area contributed by atoms with Crippen LogP contribution in [0, 0.1) is 11.3 Å². The number of aromatic nitrogens is 4. The Morgan fingerprint density at radius 3 is 2.60 bits per heavy atom. The molecule has 11 nitrogen and oxygen atoms in total. The van der Waals surface area contributed by atoms with E-state index >= 15 is 0 Å². The number of halogens is 1. The summed E-state index contributed by atoms with van der Waals surface area (Å²) in [5.74, 6) is 0.775. The number of benzene rings is 1. The van der Waals surface area contributed by atoms with Crippen molar-refractivity contribution in [2.24, 2.45) is 0 Å². The lowest BCUT2D eigenvalue weighted by atomic mass is 9.99. The Kier molecular flexibility index (Phi) is 7.30. The van der Waals surface area contributed by atoms with Gasteiger partial charge >= 0.3 is 0 Å². The molecular weight excluding hydrogens is 490 g/mol. The van der Waals surface area contributed by atoms with Gasteiger partial charge in [0.15, 0.2) is 11.6 Å². The zero-order valence-electron chi connectivity index (χ0n) is 19.2. The van der Waals surface area contributed by atoms with Gasteiger partial charge in [-0.15, -0.1) is 0 Å². The van der Waals surface area contributed by atoms with Gasteiger partial charge < -0.3 is 16.0 Å². The van der Waals surface area contributed by atoms with Gasteiger partial charge in [0.05, 0.1) is 30.2 Å². The SMILES string of the molecule is CN(c1nccnc1CNc1nc(Nc2cc3c(cc2C#N)CCNCC3)ncc1Cl)S(C)(=O)=O. The fraction of sp³-hybridized carbons (Fsp3) is 0.318. The Balaban J connectivity index is 1.57. The first-order valence-electron chi connectivity index (χ1n) is 10.8. The summed E-state index contributed by atoms with van der Waals surface area (Å²) in [7, 11) is -2.11. The van der Waals surface area contributed by atoms with Crippen LogP contribution in [-0.4, -0.2) is 54.7 Å². The van der Waals surface area contributed by atoms with Crippen molar-refractivity contribution in [3.8, 4) is 6.07 Å². The first-order chi connectivity index (χ1) is 16.8. The maximum atomic E-state index is 12.0. The zero-order chi connectivity index (χ0) is 25.0. The van der Waals surface area contributed by atoms with E-state index in [1.807, 2.05) is 12.1 Å². The van der Waals surface area contributed by atoms with Gasteiger partial charge in [-0.25, -0.2) is 18.4 Å². The lowest BCUT2D eigenvalue weighted by molar-refractivity contribution is 0.599. The van der Waals surface area contributed by atoms with E-state index in [1.54, 1.807) is 0 Å². The third kappa shape index (κ3) is 5.76. The summed E-state index contributed by atoms with van der Waals surface area (Å²) < 4.78 is 25.0. The highest BCUT2D eigenvalue weighted by Crippen LogP contribution is 2.27. The molecule has 4 rings (SSSR count). The maximum absolute atomic E-state index is 12.0. The predicted octanol–water partition coefficient (Wildman–Crippen LogP) is 2.23. The summed E-state index contributed by atoms with van der Waals surface area (Å²) in [4.78, 5) is 17.1. The van der Waals surface area contributed by atoms with Gasteiger partial charge in [0.1, 0.15) is 16.8 Å². The van der Waals surface area contributed by atoms with E-state index in [1.165, 1.54) is 31.2 Å². The second-order valence-electron chi connectivity index (χ2n) is 7.95. The monoisotopic (exact) mass is 513 g/mol. The number of hydrogen-bond acceptors (Lipinski definition) is 10. The fourth-order valence-corrected chi connectivity index (χ4v) is 4.29. The van der Waals surface area contributed by atoms with E-state index in [2.05, 4.69) is 42.0 Å². The molecule has 0 atom stereocenters. The predicted molar refractivity (Wildman–Crippen MR) is 134 cm³/mol. The van der Waals surface area contributed by atoms with E-state index in [0.29, 0.717) is 22.8 Å². The number of anilines is 4. The van der Waals surface area contributed by atoms with Crippen molar-refractivity contribution >= 4 is 44.9 Å². The number of nitrogens with zero attached hydrogens (tertiary/aromatic N) is 6. The van der Waals surface area contributed by atoms with Crippen molar-refractivity contribution in [3.63, 3.8) is 0 Å². The molecular formula is C22H24ClN9O2S. The summed E-state index contributed by atoms with van der Waals surface area (Å²) in [6.07, 6.45) is 7.17. The Hall–Kier alpha value is -3.53. The molecule has 1 aromatic carbocycles. The van der Waals surface area contributed by atoms with Crippen LogP contribution >= 0.6 is 11.6 Å². The largest absolute Gasteiger partial charge is 0.363 e. The van der Waals surface area contributed by atoms with Crippen LogP contribution in [0.2, 0.25) is 5.02 Å². The summed E-state index contributed by atoms with van der Waals surface area (Å²) in [6, 6.07) is 6.12. The molecule has 1 aliphatic rings. The summed E-state index contributed by atoms with van der Waals surface area (Å²) >= 11 is 6.29. The smallest absolute Gasteiger partial charge is 0.233 e. The van der Waals surface area contributed by atoms with Crippen LogP contribution in [0.1, 0.15) is 22.4 Å². The molecule has 0 saturated heterocycles. The zero-order valence-corrected chi connectivity index (χ0v) is 20.8. The Labute approximate surface area is 208 Å². The van der Waals surface area contributed by atoms with Crippen LogP contribution in [0.25, 0.3) is 0 Å². The van der Waals surface area contributed by atoms with E-state index in [9.17, 15) is 13.7 Å². The van der Waals surface area contributed by atoms with Crippen LogP contribution in [0.4, 0.5) is 23.3 Å². The topological polar surface area (TPSA) is 149 Å². The van der Waals surface area contributed by atoms with Gasteiger partial charge in [-0.3, -0.25) is 9.29 Å². The number of hydrogen-bond donors (Lipinski definition) is 3. The molecule has 2 aromatic heterocycles. The average molecular weight is 514 g/mol. The minimum Gasteiger partial charge on any atom is -0.363 e. The number of fused-ring (bicyclic) bond motifs is 1. The number of nitrogens with one attached hydrogen (secondary N) is 3. The van der Waals surface area contributed by atoms with E-state index < -0.39 is 10.0 Å². The van der Waals surface area contributed by atoms with Crippen molar-refractivity contribution in [1.82, 2.24) is 25.3 Å². The lowest BCUT2D eigenvalue weighted by Gasteiger charge is -2.18. The quantitative estimate of drug-likeness (QED) is 0.429. The molecule has 0 fully saturated rings. The molecule has 0 radical (unpaired) electrons. The summed E-state index contributed by atoms with van der Waals surface area (Å²) in [5, 5.41) is 19.5. The molecule has 0 spiro atoms. The van der Waals surface area contributed by atoms with Crippen LogP contribution in [0.3, 0.4) is 0 Å². The third-order valence-corrected chi connectivity index (χ3v) is 7.01. The van der Waals surface area contributed by atoms with Crippen LogP contribution < -0.4 is 20.3 Å². The molecule has 35 heavy (non-hydrogen) atoms. The molecule has 0 bridgehead atoms. The molecule has 0 saturated carbocycles. The van der Waals surface area contributed by atoms with Gasteiger partial charge in [-0.2, -0.15) is 10.2 Å². The third-order valence-electron chi connectivity index (χ3n) is 5.56. The number of rotatable bonds is 7. The highest BCUT2D eigenvalue weighted by atomic mass is 35.5. The Morgan fingerprint density at radius 1 is 1.17 bits per heavy atom. The molecule has 0 amide bonds. The van der Waals surface area contributed by atoms with Gasteiger partial charge in [-0.1, -0.05) is 11.6 Å². The van der Waals surface area contributed by atoms with Crippen LogP contribution in [0.5, 0.6) is 0 Å². The Bertz CT molecular complexity index is 1390. The minimum absolute atomic E-state index is 0.120. The molecule has 3 aromatic rings. The maximum Gasteiger partial charge on any atom is 0.233 e. The standard InChI is InChI=1S/C22H24ClN9O2S/c1-32(35(2,33)34)21-19(26-7-8-27-21)13-28-20-17(23)12-29-22(31-20)30-18-10-15-4-6-25-5-3-14(15)9-16(18)11-24/h7-10,12,25H,3-6,13H2,1-2H3,(H2,28,29,30,31). The second-order valence-corrected chi connectivity index (χ2v) is 10.4. The molecule has 13 heteroatoms. The van der Waals surface area contributed by atoms with Crippen molar-refractivity contribution in [2.75, 3.05) is 41.3 Å². The second kappa shape index (κ2) is 10.4. The molecule has 3 heterocycles. The molecule has 0 unspecified atom stereocenters. The Morgan fingerprint density at radius 2 is 1.89 bits per heavy atom. The van der Waals surface area contributed by atoms with E-state index in [-0.39, 0.29) is 23.3 Å².